The Balaban J connectivity index is 1.97. The summed E-state index contributed by atoms with van der Waals surface area (Å²) in [7, 11) is 0. The number of halogens is 1. The van der Waals surface area contributed by atoms with Crippen LogP contribution in [0.5, 0.6) is 0 Å². The summed E-state index contributed by atoms with van der Waals surface area (Å²) < 4.78 is 0. The van der Waals surface area contributed by atoms with Crippen molar-refractivity contribution in [3.05, 3.63) is 64.7 Å². The number of rotatable bonds is 6. The number of benzene rings is 2. The van der Waals surface area contributed by atoms with Crippen molar-refractivity contribution >= 4 is 23.2 Å². The van der Waals surface area contributed by atoms with Crippen molar-refractivity contribution in [2.45, 2.75) is 19.9 Å². The Morgan fingerprint density at radius 3 is 2.48 bits per heavy atom. The van der Waals surface area contributed by atoms with Crippen LogP contribution in [0.15, 0.2) is 48.5 Å². The highest BCUT2D eigenvalue weighted by Gasteiger charge is 2.09. The average Bonchev–Trinajstić information content (AvgIpc) is 2.49. The van der Waals surface area contributed by atoms with Crippen LogP contribution in [0.1, 0.15) is 29.3 Å². The van der Waals surface area contributed by atoms with Gasteiger partial charge in [-0.05, 0) is 42.8 Å². The molecule has 110 valence electrons. The summed E-state index contributed by atoms with van der Waals surface area (Å²) in [5.41, 5.74) is 2.44. The predicted octanol–water partition coefficient (Wildman–Crippen LogP) is 4.09. The maximum atomic E-state index is 12.1. The van der Waals surface area contributed by atoms with Crippen LogP contribution in [0, 0.1) is 0 Å². The van der Waals surface area contributed by atoms with Gasteiger partial charge in [0.25, 0.3) is 5.91 Å². The topological polar surface area (TPSA) is 41.1 Å². The van der Waals surface area contributed by atoms with Crippen molar-refractivity contribution in [1.29, 1.82) is 0 Å². The van der Waals surface area contributed by atoms with E-state index in [1.165, 1.54) is 5.56 Å². The lowest BCUT2D eigenvalue weighted by atomic mass is 10.1. The molecule has 0 aliphatic rings. The molecule has 2 N–H and O–H groups in total. The van der Waals surface area contributed by atoms with Gasteiger partial charge in [-0.25, -0.2) is 0 Å². The second-order valence-electron chi connectivity index (χ2n) is 4.81. The molecule has 0 aliphatic carbocycles. The molecule has 0 bridgehead atoms. The van der Waals surface area contributed by atoms with Crippen molar-refractivity contribution < 1.29 is 4.79 Å². The molecule has 2 rings (SSSR count). The summed E-state index contributed by atoms with van der Waals surface area (Å²) in [5, 5.41) is 6.64. The van der Waals surface area contributed by atoms with Crippen LogP contribution in [-0.4, -0.2) is 12.5 Å². The molecule has 0 heterocycles. The molecule has 2 aromatic carbocycles. The van der Waals surface area contributed by atoms with E-state index in [9.17, 15) is 4.79 Å². The van der Waals surface area contributed by atoms with Gasteiger partial charge >= 0.3 is 0 Å². The van der Waals surface area contributed by atoms with E-state index in [0.29, 0.717) is 10.6 Å². The van der Waals surface area contributed by atoms with E-state index in [1.807, 2.05) is 24.3 Å². The predicted molar refractivity (Wildman–Crippen MR) is 87.8 cm³/mol. The Hall–Kier alpha value is -1.84. The fourth-order valence-corrected chi connectivity index (χ4v) is 2.18. The summed E-state index contributed by atoms with van der Waals surface area (Å²) >= 11 is 6.01. The first-order valence-electron chi connectivity index (χ1n) is 7.06. The lowest BCUT2D eigenvalue weighted by Gasteiger charge is -2.08. The van der Waals surface area contributed by atoms with Gasteiger partial charge in [-0.2, -0.15) is 0 Å². The minimum Gasteiger partial charge on any atom is -0.322 e. The van der Waals surface area contributed by atoms with Crippen molar-refractivity contribution in [1.82, 2.24) is 5.32 Å². The first kappa shape index (κ1) is 15.5. The zero-order chi connectivity index (χ0) is 15.1. The summed E-state index contributed by atoms with van der Waals surface area (Å²) in [6, 6.07) is 14.8. The van der Waals surface area contributed by atoms with Crippen LogP contribution in [0.2, 0.25) is 5.02 Å². The molecule has 0 aromatic heterocycles. The van der Waals surface area contributed by atoms with E-state index in [1.54, 1.807) is 24.3 Å². The molecule has 0 atom stereocenters. The summed E-state index contributed by atoms with van der Waals surface area (Å²) in [6.45, 7) is 3.98. The van der Waals surface area contributed by atoms with Crippen molar-refractivity contribution in [2.24, 2.45) is 0 Å². The minimum atomic E-state index is -0.197. The molecular weight excluding hydrogens is 284 g/mol. The van der Waals surface area contributed by atoms with Crippen LogP contribution < -0.4 is 10.6 Å². The first-order chi connectivity index (χ1) is 10.2. The van der Waals surface area contributed by atoms with Crippen LogP contribution in [0.25, 0.3) is 0 Å². The molecule has 3 nitrogen and oxygen atoms in total. The molecule has 0 radical (unpaired) electrons. The van der Waals surface area contributed by atoms with Crippen LogP contribution in [0.3, 0.4) is 0 Å². The fourth-order valence-electron chi connectivity index (χ4n) is 1.96. The fraction of sp³-hybridized carbons (Fsp3) is 0.235. The van der Waals surface area contributed by atoms with Gasteiger partial charge in [0.15, 0.2) is 0 Å². The number of anilines is 1. The van der Waals surface area contributed by atoms with Gasteiger partial charge < -0.3 is 10.6 Å². The van der Waals surface area contributed by atoms with Gasteiger partial charge in [0.05, 0.1) is 10.6 Å². The Bertz CT molecular complexity index is 596. The summed E-state index contributed by atoms with van der Waals surface area (Å²) in [6.07, 6.45) is 1.12. The third kappa shape index (κ3) is 4.59. The lowest BCUT2D eigenvalue weighted by molar-refractivity contribution is 0.102. The second-order valence-corrected chi connectivity index (χ2v) is 5.21. The van der Waals surface area contributed by atoms with Gasteiger partial charge in [0.2, 0.25) is 0 Å². The van der Waals surface area contributed by atoms with E-state index in [0.717, 1.165) is 25.2 Å². The highest BCUT2D eigenvalue weighted by Crippen LogP contribution is 2.17. The highest BCUT2D eigenvalue weighted by molar-refractivity contribution is 6.34. The number of carbonyl (C=O) groups excluding carboxylic acids is 1. The van der Waals surface area contributed by atoms with E-state index in [4.69, 9.17) is 11.6 Å². The molecule has 0 unspecified atom stereocenters. The van der Waals surface area contributed by atoms with Crippen molar-refractivity contribution in [2.75, 3.05) is 11.9 Å². The number of hydrogen-bond acceptors (Lipinski definition) is 2. The maximum absolute atomic E-state index is 12.1. The molecule has 0 saturated heterocycles. The molecule has 0 saturated carbocycles. The largest absolute Gasteiger partial charge is 0.322 e. The second kappa shape index (κ2) is 7.81. The number of nitrogens with one attached hydrogen (secondary N) is 2. The third-order valence-corrected chi connectivity index (χ3v) is 3.42. The van der Waals surface area contributed by atoms with Crippen molar-refractivity contribution in [3.63, 3.8) is 0 Å². The summed E-state index contributed by atoms with van der Waals surface area (Å²) in [5.74, 6) is -0.197. The molecule has 0 fully saturated rings. The Kier molecular flexibility index (Phi) is 5.78. The Morgan fingerprint density at radius 1 is 1.10 bits per heavy atom. The molecule has 1 amide bonds. The van der Waals surface area contributed by atoms with Gasteiger partial charge in [-0.3, -0.25) is 4.79 Å². The quantitative estimate of drug-likeness (QED) is 0.789. The monoisotopic (exact) mass is 302 g/mol. The zero-order valence-electron chi connectivity index (χ0n) is 12.0. The van der Waals surface area contributed by atoms with Crippen LogP contribution >= 0.6 is 11.6 Å². The molecule has 4 heteroatoms. The molecule has 21 heavy (non-hydrogen) atoms. The highest BCUT2D eigenvalue weighted by atomic mass is 35.5. The van der Waals surface area contributed by atoms with E-state index >= 15 is 0 Å². The van der Waals surface area contributed by atoms with E-state index < -0.39 is 0 Å². The minimum absolute atomic E-state index is 0.197. The van der Waals surface area contributed by atoms with E-state index in [2.05, 4.69) is 17.6 Å². The third-order valence-electron chi connectivity index (χ3n) is 3.09. The standard InChI is InChI=1S/C17H19ClN2O/c1-2-11-19-12-13-7-9-14(10-8-13)20-17(21)15-5-3-4-6-16(15)18/h3-10,19H,2,11-12H2,1H3,(H,20,21). The Morgan fingerprint density at radius 2 is 1.81 bits per heavy atom. The van der Waals surface area contributed by atoms with Gasteiger partial charge in [0.1, 0.15) is 0 Å². The van der Waals surface area contributed by atoms with Crippen LogP contribution in [0.4, 0.5) is 5.69 Å². The zero-order valence-corrected chi connectivity index (χ0v) is 12.8. The molecule has 0 spiro atoms. The number of carbonyl (C=O) groups is 1. The van der Waals surface area contributed by atoms with Crippen LogP contribution in [-0.2, 0) is 6.54 Å². The molecule has 2 aromatic rings. The average molecular weight is 303 g/mol. The Labute approximate surface area is 130 Å². The lowest BCUT2D eigenvalue weighted by Crippen LogP contribution is -2.14. The summed E-state index contributed by atoms with van der Waals surface area (Å²) in [4.78, 5) is 12.1. The maximum Gasteiger partial charge on any atom is 0.257 e. The van der Waals surface area contributed by atoms with Gasteiger partial charge in [0, 0.05) is 12.2 Å². The number of amides is 1. The number of hydrogen-bond donors (Lipinski definition) is 2. The SMILES string of the molecule is CCCNCc1ccc(NC(=O)c2ccccc2Cl)cc1. The smallest absolute Gasteiger partial charge is 0.257 e. The van der Waals surface area contributed by atoms with E-state index in [-0.39, 0.29) is 5.91 Å². The van der Waals surface area contributed by atoms with Gasteiger partial charge in [-0.1, -0.05) is 42.8 Å². The first-order valence-corrected chi connectivity index (χ1v) is 7.44. The molecule has 0 aliphatic heterocycles. The van der Waals surface area contributed by atoms with Crippen molar-refractivity contribution in [3.8, 4) is 0 Å². The van der Waals surface area contributed by atoms with Gasteiger partial charge in [-0.15, -0.1) is 0 Å². The molecular formula is C17H19ClN2O. The normalized spacial score (nSPS) is 10.4.